The molecule has 0 spiro atoms. The lowest BCUT2D eigenvalue weighted by molar-refractivity contribution is 0.0939. The van der Waals surface area contributed by atoms with Gasteiger partial charge in [-0.2, -0.15) is 0 Å². The lowest BCUT2D eigenvalue weighted by Crippen LogP contribution is -2.27. The number of hydrogen-bond donors (Lipinski definition) is 2. The third-order valence-corrected chi connectivity index (χ3v) is 4.14. The molecule has 4 heteroatoms. The molecule has 0 saturated carbocycles. The highest BCUT2D eigenvalue weighted by atomic mass is 19.1. The van der Waals surface area contributed by atoms with Crippen molar-refractivity contribution in [2.45, 2.75) is 19.9 Å². The Bertz CT molecular complexity index is 871. The van der Waals surface area contributed by atoms with Gasteiger partial charge in [-0.25, -0.2) is 0 Å². The second-order valence-corrected chi connectivity index (χ2v) is 5.84. The number of nitrogens with two attached hydrogens (primary N) is 1. The Morgan fingerprint density at radius 2 is 1.72 bits per heavy atom. The molecule has 0 bridgehead atoms. The summed E-state index contributed by atoms with van der Waals surface area (Å²) in [5, 5.41) is 5.41. The van der Waals surface area contributed by atoms with Crippen LogP contribution in [0.5, 0.6) is 0 Å². The molecule has 0 aliphatic carbocycles. The highest BCUT2D eigenvalue weighted by Gasteiger charge is 2.15. The zero-order valence-electron chi connectivity index (χ0n) is 14.7. The van der Waals surface area contributed by atoms with E-state index in [2.05, 4.69) is 29.6 Å². The van der Waals surface area contributed by atoms with Crippen LogP contribution in [-0.2, 0) is 0 Å². The fourth-order valence-corrected chi connectivity index (χ4v) is 2.86. The number of hydrogen-bond acceptors (Lipinski definition) is 2. The van der Waals surface area contributed by atoms with Gasteiger partial charge in [0.15, 0.2) is 0 Å². The van der Waals surface area contributed by atoms with Gasteiger partial charge in [-0.05, 0) is 47.9 Å². The van der Waals surface area contributed by atoms with Crippen molar-refractivity contribution in [1.82, 2.24) is 5.32 Å². The van der Waals surface area contributed by atoms with E-state index in [0.29, 0.717) is 18.4 Å². The lowest BCUT2D eigenvalue weighted by Gasteiger charge is -2.17. The van der Waals surface area contributed by atoms with Crippen molar-refractivity contribution >= 4 is 22.4 Å². The Labute approximate surface area is 147 Å². The smallest absolute Gasteiger partial charge is 0.252 e. The summed E-state index contributed by atoms with van der Waals surface area (Å²) >= 11 is 0. The van der Waals surface area contributed by atoms with Gasteiger partial charge in [0.2, 0.25) is 0 Å². The molecule has 3 aromatic carbocycles. The summed E-state index contributed by atoms with van der Waals surface area (Å²) in [5.74, 6) is -0.102. The molecular formula is C21H23FN2O. The summed E-state index contributed by atoms with van der Waals surface area (Å²) in [7, 11) is 0.500. The topological polar surface area (TPSA) is 55.1 Å². The summed E-state index contributed by atoms with van der Waals surface area (Å²) < 4.78 is 9.50. The first-order valence-corrected chi connectivity index (χ1v) is 8.08. The largest absolute Gasteiger partial charge is 0.399 e. The maximum absolute atomic E-state index is 12.6. The molecule has 3 rings (SSSR count). The number of aryl methyl sites for hydroxylation is 1. The summed E-state index contributed by atoms with van der Waals surface area (Å²) in [6.07, 6.45) is 0. The van der Waals surface area contributed by atoms with Crippen LogP contribution in [0.1, 0.15) is 34.5 Å². The van der Waals surface area contributed by atoms with Crippen LogP contribution in [-0.4, -0.2) is 13.1 Å². The van der Waals surface area contributed by atoms with Crippen molar-refractivity contribution in [1.29, 1.82) is 0 Å². The van der Waals surface area contributed by atoms with Gasteiger partial charge in [0.25, 0.3) is 5.91 Å². The molecule has 1 atom stereocenters. The van der Waals surface area contributed by atoms with Crippen molar-refractivity contribution in [3.05, 3.63) is 77.4 Å². The molecular weight excluding hydrogens is 315 g/mol. The van der Waals surface area contributed by atoms with Crippen LogP contribution in [0, 0.1) is 6.92 Å². The second-order valence-electron chi connectivity index (χ2n) is 5.84. The third-order valence-electron chi connectivity index (χ3n) is 4.14. The number of rotatable bonds is 3. The molecule has 130 valence electrons. The summed E-state index contributed by atoms with van der Waals surface area (Å²) in [6.45, 7) is 3.91. The predicted molar refractivity (Wildman–Crippen MR) is 102 cm³/mol. The molecule has 0 aliphatic rings. The Kier molecular flexibility index (Phi) is 6.12. The Balaban J connectivity index is 0.00000109. The number of carbonyl (C=O) groups is 1. The van der Waals surface area contributed by atoms with Gasteiger partial charge in [0.1, 0.15) is 0 Å². The zero-order valence-corrected chi connectivity index (χ0v) is 14.7. The van der Waals surface area contributed by atoms with Crippen molar-refractivity contribution in [3.8, 4) is 0 Å². The molecule has 0 saturated heterocycles. The predicted octanol–water partition coefficient (Wildman–Crippen LogP) is 4.81. The number of benzene rings is 3. The molecule has 3 N–H and O–H groups in total. The Hall–Kier alpha value is -2.88. The summed E-state index contributed by atoms with van der Waals surface area (Å²) in [5.41, 5.74) is 9.05. The fraction of sp³-hybridized carbons (Fsp3) is 0.190. The van der Waals surface area contributed by atoms with Gasteiger partial charge in [0, 0.05) is 11.3 Å². The van der Waals surface area contributed by atoms with E-state index < -0.39 is 0 Å². The minimum Gasteiger partial charge on any atom is -0.399 e. The van der Waals surface area contributed by atoms with E-state index in [1.807, 2.05) is 38.1 Å². The minimum atomic E-state index is -0.102. The van der Waals surface area contributed by atoms with E-state index in [1.54, 1.807) is 12.1 Å². The van der Waals surface area contributed by atoms with Crippen LogP contribution in [0.25, 0.3) is 10.8 Å². The van der Waals surface area contributed by atoms with Crippen LogP contribution in [0.4, 0.5) is 10.1 Å². The van der Waals surface area contributed by atoms with Gasteiger partial charge in [-0.15, -0.1) is 0 Å². The van der Waals surface area contributed by atoms with Crippen LogP contribution in [0.2, 0.25) is 0 Å². The quantitative estimate of drug-likeness (QED) is 0.674. The molecule has 3 aromatic rings. The molecule has 25 heavy (non-hydrogen) atoms. The number of amides is 1. The lowest BCUT2D eigenvalue weighted by atomic mass is 9.99. The minimum absolute atomic E-state index is 0.0885. The van der Waals surface area contributed by atoms with Crippen LogP contribution >= 0.6 is 0 Å². The maximum Gasteiger partial charge on any atom is 0.252 e. The average molecular weight is 338 g/mol. The number of halogens is 1. The molecule has 0 heterocycles. The highest BCUT2D eigenvalue weighted by molar-refractivity contribution is 5.97. The van der Waals surface area contributed by atoms with Gasteiger partial charge >= 0.3 is 0 Å². The first-order valence-electron chi connectivity index (χ1n) is 8.08. The number of anilines is 1. The van der Waals surface area contributed by atoms with Crippen LogP contribution < -0.4 is 11.1 Å². The first kappa shape index (κ1) is 18.5. The monoisotopic (exact) mass is 338 g/mol. The number of alkyl halides is 1. The van der Waals surface area contributed by atoms with Crippen molar-refractivity contribution in [3.63, 3.8) is 0 Å². The van der Waals surface area contributed by atoms with Crippen molar-refractivity contribution < 1.29 is 9.18 Å². The van der Waals surface area contributed by atoms with E-state index >= 15 is 0 Å². The molecule has 3 nitrogen and oxygen atoms in total. The van der Waals surface area contributed by atoms with E-state index in [9.17, 15) is 9.18 Å². The van der Waals surface area contributed by atoms with Crippen molar-refractivity contribution in [2.75, 3.05) is 12.9 Å². The average Bonchev–Trinajstić information content (AvgIpc) is 2.64. The van der Waals surface area contributed by atoms with Gasteiger partial charge in [-0.1, -0.05) is 48.5 Å². The molecule has 0 aromatic heterocycles. The molecule has 0 radical (unpaired) electrons. The Morgan fingerprint density at radius 1 is 1.04 bits per heavy atom. The summed E-state index contributed by atoms with van der Waals surface area (Å²) in [4.78, 5) is 12.6. The molecule has 0 fully saturated rings. The summed E-state index contributed by atoms with van der Waals surface area (Å²) in [6, 6.07) is 19.7. The number of nitrogen functional groups attached to an aromatic ring is 1. The van der Waals surface area contributed by atoms with Crippen molar-refractivity contribution in [2.24, 2.45) is 0 Å². The first-order chi connectivity index (χ1) is 12.1. The fourth-order valence-electron chi connectivity index (χ4n) is 2.86. The van der Waals surface area contributed by atoms with Gasteiger partial charge in [0.05, 0.1) is 13.2 Å². The maximum atomic E-state index is 12.6. The van der Waals surface area contributed by atoms with Gasteiger partial charge in [-0.3, -0.25) is 9.18 Å². The Morgan fingerprint density at radius 3 is 2.48 bits per heavy atom. The number of nitrogens with one attached hydrogen (secondary N) is 1. The third kappa shape index (κ3) is 4.15. The molecule has 0 aliphatic heterocycles. The van der Waals surface area contributed by atoms with E-state index in [0.717, 1.165) is 16.5 Å². The highest BCUT2D eigenvalue weighted by Crippen LogP contribution is 2.24. The second kappa shape index (κ2) is 8.29. The van der Waals surface area contributed by atoms with E-state index in [4.69, 9.17) is 5.73 Å². The normalized spacial score (nSPS) is 11.4. The van der Waals surface area contributed by atoms with Gasteiger partial charge < -0.3 is 11.1 Å². The number of fused-ring (bicyclic) bond motifs is 1. The molecule has 1 unspecified atom stereocenters. The molecule has 1 amide bonds. The van der Waals surface area contributed by atoms with E-state index in [-0.39, 0.29) is 11.9 Å². The number of carbonyl (C=O) groups excluding carboxylic acids is 1. The SMILES string of the molecule is CF.Cc1ccc(N)cc1C(=O)NC(C)c1cccc2ccccc12. The standard InChI is InChI=1S/C20H20N2O.CH3F/c1-13-10-11-16(21)12-19(13)20(23)22-14(2)17-9-5-7-15-6-3-4-8-18(15)17;1-2/h3-12,14H,21H2,1-2H3,(H,22,23);1H3. The zero-order chi connectivity index (χ0) is 18.4. The van der Waals surface area contributed by atoms with Crippen LogP contribution in [0.15, 0.2) is 60.7 Å². The van der Waals surface area contributed by atoms with Crippen LogP contribution in [0.3, 0.4) is 0 Å². The van der Waals surface area contributed by atoms with E-state index in [1.165, 1.54) is 5.39 Å².